The van der Waals surface area contributed by atoms with Crippen LogP contribution in [0.1, 0.15) is 52.4 Å². The van der Waals surface area contributed by atoms with Crippen molar-refractivity contribution in [2.75, 3.05) is 13.6 Å². The maximum Gasteiger partial charge on any atom is 0.0667 e. The molecule has 1 aliphatic carbocycles. The van der Waals surface area contributed by atoms with E-state index in [4.69, 9.17) is 0 Å². The zero-order chi connectivity index (χ0) is 11.3. The summed E-state index contributed by atoms with van der Waals surface area (Å²) in [5.74, 6) is 0.870. The van der Waals surface area contributed by atoms with Crippen molar-refractivity contribution in [2.24, 2.45) is 5.92 Å². The number of aliphatic hydroxyl groups excluding tert-OH is 1. The van der Waals surface area contributed by atoms with E-state index in [9.17, 15) is 5.11 Å². The van der Waals surface area contributed by atoms with Crippen LogP contribution < -0.4 is 0 Å². The summed E-state index contributed by atoms with van der Waals surface area (Å²) in [6, 6.07) is 0.709. The van der Waals surface area contributed by atoms with Gasteiger partial charge in [0.2, 0.25) is 0 Å². The monoisotopic (exact) mass is 213 g/mol. The van der Waals surface area contributed by atoms with Crippen molar-refractivity contribution >= 4 is 0 Å². The first-order chi connectivity index (χ1) is 7.13. The fourth-order valence-electron chi connectivity index (χ4n) is 2.71. The average Bonchev–Trinajstić information content (AvgIpc) is 2.18. The largest absolute Gasteiger partial charge is 0.392 e. The van der Waals surface area contributed by atoms with Crippen LogP contribution in [0, 0.1) is 5.92 Å². The summed E-state index contributed by atoms with van der Waals surface area (Å²) in [6.07, 6.45) is 7.27. The third-order valence-electron chi connectivity index (χ3n) is 3.65. The minimum Gasteiger partial charge on any atom is -0.392 e. The Bertz CT molecular complexity index is 172. The number of rotatable bonds is 5. The van der Waals surface area contributed by atoms with Gasteiger partial charge >= 0.3 is 0 Å². The molecule has 0 amide bonds. The van der Waals surface area contributed by atoms with E-state index in [1.165, 1.54) is 25.7 Å². The lowest BCUT2D eigenvalue weighted by Crippen LogP contribution is -2.40. The molecule has 0 aliphatic heterocycles. The SMILES string of the molecule is CCCC(O)CN(C)C1CCCC(C)C1. The molecule has 0 heterocycles. The summed E-state index contributed by atoms with van der Waals surface area (Å²) in [4.78, 5) is 2.37. The molecule has 0 radical (unpaired) electrons. The number of nitrogens with zero attached hydrogens (tertiary/aromatic N) is 1. The van der Waals surface area contributed by atoms with Gasteiger partial charge in [-0.2, -0.15) is 0 Å². The molecule has 0 bridgehead atoms. The number of likely N-dealkylation sites (N-methyl/N-ethyl adjacent to an activating group) is 1. The van der Waals surface area contributed by atoms with Crippen molar-refractivity contribution in [1.29, 1.82) is 0 Å². The van der Waals surface area contributed by atoms with Gasteiger partial charge in [-0.1, -0.05) is 33.1 Å². The van der Waals surface area contributed by atoms with Gasteiger partial charge in [-0.25, -0.2) is 0 Å². The Labute approximate surface area is 94.7 Å². The molecule has 0 saturated heterocycles. The molecule has 90 valence electrons. The molecule has 15 heavy (non-hydrogen) atoms. The van der Waals surface area contributed by atoms with Crippen molar-refractivity contribution in [3.05, 3.63) is 0 Å². The molecular weight excluding hydrogens is 186 g/mol. The molecule has 1 rings (SSSR count). The number of hydrogen-bond acceptors (Lipinski definition) is 2. The van der Waals surface area contributed by atoms with Crippen LogP contribution in [-0.4, -0.2) is 35.7 Å². The lowest BCUT2D eigenvalue weighted by molar-refractivity contribution is 0.0778. The first kappa shape index (κ1) is 13.0. The molecule has 1 aliphatic rings. The molecule has 0 aromatic heterocycles. The molecule has 1 N–H and O–H groups in total. The first-order valence-corrected chi connectivity index (χ1v) is 6.51. The second-order valence-electron chi connectivity index (χ2n) is 5.31. The molecule has 2 nitrogen and oxygen atoms in total. The van der Waals surface area contributed by atoms with E-state index in [1.54, 1.807) is 0 Å². The lowest BCUT2D eigenvalue weighted by atomic mass is 9.86. The molecule has 0 aromatic rings. The molecule has 0 spiro atoms. The van der Waals surface area contributed by atoms with E-state index < -0.39 is 0 Å². The van der Waals surface area contributed by atoms with Gasteiger partial charge in [-0.3, -0.25) is 0 Å². The minimum absolute atomic E-state index is 0.128. The minimum atomic E-state index is -0.128. The molecule has 0 aromatic carbocycles. The van der Waals surface area contributed by atoms with E-state index in [0.717, 1.165) is 25.3 Å². The highest BCUT2D eigenvalue weighted by Crippen LogP contribution is 2.26. The van der Waals surface area contributed by atoms with Crippen molar-refractivity contribution in [3.63, 3.8) is 0 Å². The van der Waals surface area contributed by atoms with Gasteiger partial charge in [0.05, 0.1) is 6.10 Å². The van der Waals surface area contributed by atoms with Gasteiger partial charge in [-0.15, -0.1) is 0 Å². The van der Waals surface area contributed by atoms with Crippen LogP contribution in [0.2, 0.25) is 0 Å². The second-order valence-corrected chi connectivity index (χ2v) is 5.31. The van der Waals surface area contributed by atoms with Crippen molar-refractivity contribution in [2.45, 2.75) is 64.5 Å². The number of aliphatic hydroxyl groups is 1. The highest BCUT2D eigenvalue weighted by Gasteiger charge is 2.23. The second kappa shape index (κ2) is 6.49. The third kappa shape index (κ3) is 4.52. The van der Waals surface area contributed by atoms with Crippen LogP contribution in [0.25, 0.3) is 0 Å². The van der Waals surface area contributed by atoms with Crippen molar-refractivity contribution < 1.29 is 5.11 Å². The summed E-state index contributed by atoms with van der Waals surface area (Å²) >= 11 is 0. The highest BCUT2D eigenvalue weighted by atomic mass is 16.3. The summed E-state index contributed by atoms with van der Waals surface area (Å²) in [5.41, 5.74) is 0. The van der Waals surface area contributed by atoms with Gasteiger partial charge in [0, 0.05) is 12.6 Å². The Morgan fingerprint density at radius 2 is 2.13 bits per heavy atom. The van der Waals surface area contributed by atoms with E-state index >= 15 is 0 Å². The molecule has 1 saturated carbocycles. The van der Waals surface area contributed by atoms with Gasteiger partial charge in [0.25, 0.3) is 0 Å². The van der Waals surface area contributed by atoms with Crippen LogP contribution in [-0.2, 0) is 0 Å². The van der Waals surface area contributed by atoms with E-state index in [2.05, 4.69) is 25.8 Å². The summed E-state index contributed by atoms with van der Waals surface area (Å²) in [5, 5.41) is 9.77. The zero-order valence-electron chi connectivity index (χ0n) is 10.6. The average molecular weight is 213 g/mol. The smallest absolute Gasteiger partial charge is 0.0667 e. The predicted octanol–water partition coefficient (Wildman–Crippen LogP) is 2.66. The van der Waals surface area contributed by atoms with Crippen LogP contribution in [0.4, 0.5) is 0 Å². The Morgan fingerprint density at radius 1 is 1.40 bits per heavy atom. The maximum atomic E-state index is 9.77. The molecule has 3 atom stereocenters. The predicted molar refractivity (Wildman–Crippen MR) is 65.0 cm³/mol. The molecule has 1 fully saturated rings. The quantitative estimate of drug-likeness (QED) is 0.759. The highest BCUT2D eigenvalue weighted by molar-refractivity contribution is 4.78. The van der Waals surface area contributed by atoms with Gasteiger partial charge in [-0.05, 0) is 32.2 Å². The Kier molecular flexibility index (Phi) is 5.62. The Balaban J connectivity index is 2.28. The molecule has 2 heteroatoms. The van der Waals surface area contributed by atoms with Crippen molar-refractivity contribution in [3.8, 4) is 0 Å². The fourth-order valence-corrected chi connectivity index (χ4v) is 2.71. The maximum absolute atomic E-state index is 9.77. The van der Waals surface area contributed by atoms with Crippen molar-refractivity contribution in [1.82, 2.24) is 4.90 Å². The summed E-state index contributed by atoms with van der Waals surface area (Å²) in [7, 11) is 2.17. The van der Waals surface area contributed by atoms with Crippen LogP contribution in [0.3, 0.4) is 0 Å². The van der Waals surface area contributed by atoms with E-state index in [1.807, 2.05) is 0 Å². The normalized spacial score (nSPS) is 29.4. The van der Waals surface area contributed by atoms with Crippen LogP contribution in [0.15, 0.2) is 0 Å². The van der Waals surface area contributed by atoms with E-state index in [-0.39, 0.29) is 6.10 Å². The molecular formula is C13H27NO. The summed E-state index contributed by atoms with van der Waals surface area (Å²) < 4.78 is 0. The topological polar surface area (TPSA) is 23.5 Å². The fraction of sp³-hybridized carbons (Fsp3) is 1.00. The van der Waals surface area contributed by atoms with Gasteiger partial charge in [0.15, 0.2) is 0 Å². The van der Waals surface area contributed by atoms with Gasteiger partial charge < -0.3 is 10.0 Å². The lowest BCUT2D eigenvalue weighted by Gasteiger charge is -2.35. The third-order valence-corrected chi connectivity index (χ3v) is 3.65. The standard InChI is InChI=1S/C13H27NO/c1-4-6-13(15)10-14(3)12-8-5-7-11(2)9-12/h11-13,15H,4-10H2,1-3H3. The van der Waals surface area contributed by atoms with Gasteiger partial charge in [0.1, 0.15) is 0 Å². The Hall–Kier alpha value is -0.0800. The number of hydrogen-bond donors (Lipinski definition) is 1. The van der Waals surface area contributed by atoms with Crippen LogP contribution >= 0.6 is 0 Å². The Morgan fingerprint density at radius 3 is 2.73 bits per heavy atom. The van der Waals surface area contributed by atoms with E-state index in [0.29, 0.717) is 6.04 Å². The first-order valence-electron chi connectivity index (χ1n) is 6.51. The zero-order valence-corrected chi connectivity index (χ0v) is 10.6. The molecule has 3 unspecified atom stereocenters. The van der Waals surface area contributed by atoms with Crippen LogP contribution in [0.5, 0.6) is 0 Å². The summed E-state index contributed by atoms with van der Waals surface area (Å²) in [6.45, 7) is 5.33.